The van der Waals surface area contributed by atoms with Crippen LogP contribution >= 0.6 is 0 Å². The molecular weight excluding hydrogens is 330 g/mol. The molecule has 0 N–H and O–H groups in total. The van der Waals surface area contributed by atoms with E-state index in [1.807, 2.05) is 0 Å². The van der Waals surface area contributed by atoms with E-state index in [1.165, 1.54) is 6.42 Å². The molecular formula is C11H17Cl3Zr. The van der Waals surface area contributed by atoms with Crippen LogP contribution in [0.1, 0.15) is 41.0 Å². The molecule has 0 aromatic carbocycles. The van der Waals surface area contributed by atoms with E-state index in [9.17, 15) is 0 Å². The van der Waals surface area contributed by atoms with E-state index >= 15 is 0 Å². The zero-order chi connectivity index (χ0) is 9.52. The Labute approximate surface area is 127 Å². The second kappa shape index (κ2) is 7.54. The van der Waals surface area contributed by atoms with E-state index in [2.05, 4.69) is 34.6 Å². The minimum atomic E-state index is 0. The summed E-state index contributed by atoms with van der Waals surface area (Å²) in [5.41, 5.74) is 5.10. The Balaban J connectivity index is -0.000000480. The van der Waals surface area contributed by atoms with Gasteiger partial charge in [0.2, 0.25) is 0 Å². The Morgan fingerprint density at radius 3 is 1.60 bits per heavy atom. The molecule has 0 bridgehead atoms. The fourth-order valence-corrected chi connectivity index (χ4v) is 3.25. The van der Waals surface area contributed by atoms with Crippen molar-refractivity contribution in [2.45, 2.75) is 41.0 Å². The van der Waals surface area contributed by atoms with E-state index in [1.54, 1.807) is 44.7 Å². The molecule has 0 unspecified atom stereocenters. The van der Waals surface area contributed by atoms with Gasteiger partial charge in [-0.2, -0.15) is 0 Å². The first-order valence-electron chi connectivity index (χ1n) is 4.56. The first-order chi connectivity index (χ1) is 5.42. The summed E-state index contributed by atoms with van der Waals surface area (Å²) >= 11 is 1.59. The van der Waals surface area contributed by atoms with Crippen molar-refractivity contribution >= 4 is 0 Å². The van der Waals surface area contributed by atoms with Gasteiger partial charge in [0.15, 0.2) is 0 Å². The summed E-state index contributed by atoms with van der Waals surface area (Å²) in [5, 5.41) is 0. The summed E-state index contributed by atoms with van der Waals surface area (Å²) in [5.74, 6) is 0. The second-order valence-electron chi connectivity index (χ2n) is 4.08. The van der Waals surface area contributed by atoms with Crippen LogP contribution in [0.4, 0.5) is 0 Å². The molecule has 4 heteroatoms. The topological polar surface area (TPSA) is 0 Å². The van der Waals surface area contributed by atoms with E-state index in [0.29, 0.717) is 5.41 Å². The molecule has 0 aliphatic heterocycles. The number of hydrogen-bond donors (Lipinski definition) is 0. The van der Waals surface area contributed by atoms with Crippen molar-refractivity contribution < 1.29 is 61.9 Å². The summed E-state index contributed by atoms with van der Waals surface area (Å²) in [6.07, 6.45) is 1.20. The van der Waals surface area contributed by atoms with Crippen LogP contribution in [0.5, 0.6) is 0 Å². The van der Waals surface area contributed by atoms with Crippen LogP contribution in [0.15, 0.2) is 20.0 Å². The van der Waals surface area contributed by atoms with Crippen molar-refractivity contribution in [2.24, 2.45) is 5.41 Å². The van der Waals surface area contributed by atoms with E-state index in [0.717, 1.165) is 0 Å². The van der Waals surface area contributed by atoms with Crippen LogP contribution in [0.25, 0.3) is 0 Å². The number of allylic oxidation sites excluding steroid dienone is 4. The normalized spacial score (nSPS) is 18.1. The van der Waals surface area contributed by atoms with Crippen molar-refractivity contribution in [1.29, 1.82) is 0 Å². The van der Waals surface area contributed by atoms with Gasteiger partial charge in [0.1, 0.15) is 0 Å². The Hall–Kier alpha value is 1.23. The molecule has 15 heavy (non-hydrogen) atoms. The Morgan fingerprint density at radius 2 is 1.47 bits per heavy atom. The Kier molecular flexibility index (Phi) is 10.8. The van der Waals surface area contributed by atoms with Crippen molar-refractivity contribution in [2.75, 3.05) is 0 Å². The average Bonchev–Trinajstić information content (AvgIpc) is 2.15. The first kappa shape index (κ1) is 21.5. The van der Waals surface area contributed by atoms with Crippen LogP contribution in [0.3, 0.4) is 0 Å². The van der Waals surface area contributed by atoms with E-state index in [-0.39, 0.29) is 37.2 Å². The third-order valence-electron chi connectivity index (χ3n) is 3.23. The van der Waals surface area contributed by atoms with Gasteiger partial charge < -0.3 is 37.2 Å². The maximum absolute atomic E-state index is 2.35. The Morgan fingerprint density at radius 1 is 1.07 bits per heavy atom. The summed E-state index contributed by atoms with van der Waals surface area (Å²) < 4.78 is 1.66. The maximum atomic E-state index is 2.35. The minimum Gasteiger partial charge on any atom is -1.00 e. The average molecular weight is 347 g/mol. The van der Waals surface area contributed by atoms with Gasteiger partial charge in [0.25, 0.3) is 0 Å². The van der Waals surface area contributed by atoms with Gasteiger partial charge in [-0.05, 0) is 0 Å². The summed E-state index contributed by atoms with van der Waals surface area (Å²) in [4.78, 5) is 0. The van der Waals surface area contributed by atoms with Crippen LogP contribution < -0.4 is 37.2 Å². The van der Waals surface area contributed by atoms with E-state index in [4.69, 9.17) is 0 Å². The van der Waals surface area contributed by atoms with Crippen LogP contribution in [-0.4, -0.2) is 0 Å². The summed E-state index contributed by atoms with van der Waals surface area (Å²) in [6, 6.07) is 0. The molecule has 1 aliphatic rings. The zero-order valence-corrected chi connectivity index (χ0v) is 14.6. The maximum Gasteiger partial charge on any atom is -1.00 e. The first-order valence-corrected chi connectivity index (χ1v) is 5.79. The third-order valence-corrected chi connectivity index (χ3v) is 5.51. The van der Waals surface area contributed by atoms with Gasteiger partial charge in [0.05, 0.1) is 0 Å². The molecule has 1 rings (SSSR count). The van der Waals surface area contributed by atoms with Crippen LogP contribution in [0, 0.1) is 5.41 Å². The molecule has 1 aliphatic carbocycles. The van der Waals surface area contributed by atoms with Crippen molar-refractivity contribution in [3.8, 4) is 0 Å². The number of halogens is 3. The van der Waals surface area contributed by atoms with Gasteiger partial charge in [0, 0.05) is 0 Å². The molecule has 0 fully saturated rings. The summed E-state index contributed by atoms with van der Waals surface area (Å²) in [7, 11) is 0. The fraction of sp³-hybridized carbons (Fsp3) is 0.636. The minimum absolute atomic E-state index is 0. The van der Waals surface area contributed by atoms with Crippen LogP contribution in [-0.2, 0) is 24.7 Å². The molecule has 0 radical (unpaired) electrons. The largest absolute Gasteiger partial charge is 1.00 e. The molecule has 86 valence electrons. The molecule has 0 saturated heterocycles. The SMILES string of the molecule is CCC1=[C]([Zr+3])C(C)(C)C(C)=C1C.[Cl-].[Cl-].[Cl-]. The molecule has 0 heterocycles. The molecule has 0 aromatic heterocycles. The van der Waals surface area contributed by atoms with Gasteiger partial charge in [-0.15, -0.1) is 0 Å². The predicted octanol–water partition coefficient (Wildman–Crippen LogP) is -5.41. The predicted molar refractivity (Wildman–Crippen MR) is 49.5 cm³/mol. The molecule has 0 aromatic rings. The van der Waals surface area contributed by atoms with Crippen molar-refractivity contribution in [1.82, 2.24) is 0 Å². The standard InChI is InChI=1S/C11H17.3ClH.Zr/c1-6-10-7-11(4,5)9(3)8(10)2;;;;/h6H2,1-5H3;3*1H;/q;;;;+3/p-3. The second-order valence-corrected chi connectivity index (χ2v) is 5.31. The zero-order valence-electron chi connectivity index (χ0n) is 9.84. The third kappa shape index (κ3) is 3.60. The molecule has 0 atom stereocenters. The van der Waals surface area contributed by atoms with Gasteiger partial charge in [-0.25, -0.2) is 0 Å². The van der Waals surface area contributed by atoms with Gasteiger partial charge >= 0.3 is 91.2 Å². The molecule has 0 nitrogen and oxygen atoms in total. The fourth-order valence-electron chi connectivity index (χ4n) is 1.89. The monoisotopic (exact) mass is 344 g/mol. The molecule has 0 saturated carbocycles. The Bertz CT molecular complexity index is 278. The van der Waals surface area contributed by atoms with Gasteiger partial charge in [-0.1, -0.05) is 0 Å². The van der Waals surface area contributed by atoms with Crippen molar-refractivity contribution in [3.05, 3.63) is 20.0 Å². The smallest absolute Gasteiger partial charge is 1.00 e. The summed E-state index contributed by atoms with van der Waals surface area (Å²) in [6.45, 7) is 11.5. The number of hydrogen-bond acceptors (Lipinski definition) is 0. The number of rotatable bonds is 1. The van der Waals surface area contributed by atoms with Crippen molar-refractivity contribution in [3.63, 3.8) is 0 Å². The quantitative estimate of drug-likeness (QED) is 0.445. The van der Waals surface area contributed by atoms with Crippen LogP contribution in [0.2, 0.25) is 0 Å². The molecule has 0 spiro atoms. The van der Waals surface area contributed by atoms with E-state index < -0.39 is 0 Å². The van der Waals surface area contributed by atoms with Gasteiger partial charge in [-0.3, -0.25) is 0 Å². The molecule has 0 amide bonds.